The third-order valence-corrected chi connectivity index (χ3v) is 6.76. The second kappa shape index (κ2) is 10.8. The van der Waals surface area contributed by atoms with E-state index in [9.17, 15) is 4.79 Å². The average molecular weight is 500 g/mol. The van der Waals surface area contributed by atoms with Crippen molar-refractivity contribution in [1.82, 2.24) is 4.58 Å². The second-order valence-electron chi connectivity index (χ2n) is 10.2. The Balaban J connectivity index is 2.08. The molecule has 0 spiro atoms. The molecule has 0 fully saturated rings. The molecule has 0 aromatic heterocycles. The SMILES string of the molecule is CCN(CC)c1ccc2c(-c3ccccc3C(=O)OC(C)(C)C)c3ccc(=[N+](CC)CC)cc-3oc2c1. The van der Waals surface area contributed by atoms with Crippen LogP contribution in [0.4, 0.5) is 5.69 Å². The molecule has 0 unspecified atom stereocenters. The van der Waals surface area contributed by atoms with Gasteiger partial charge in [0, 0.05) is 47.4 Å². The number of carbonyl (C=O) groups is 1. The summed E-state index contributed by atoms with van der Waals surface area (Å²) < 4.78 is 14.7. The van der Waals surface area contributed by atoms with E-state index in [-0.39, 0.29) is 5.97 Å². The molecule has 1 heterocycles. The van der Waals surface area contributed by atoms with Gasteiger partial charge in [0.2, 0.25) is 5.36 Å². The van der Waals surface area contributed by atoms with E-state index in [0.29, 0.717) is 5.56 Å². The lowest BCUT2D eigenvalue weighted by Crippen LogP contribution is -2.29. The van der Waals surface area contributed by atoms with Gasteiger partial charge in [0.25, 0.3) is 0 Å². The van der Waals surface area contributed by atoms with Crippen LogP contribution in [0.5, 0.6) is 0 Å². The van der Waals surface area contributed by atoms with E-state index in [1.807, 2.05) is 45.0 Å². The van der Waals surface area contributed by atoms with Gasteiger partial charge in [-0.1, -0.05) is 18.2 Å². The highest BCUT2D eigenvalue weighted by Gasteiger charge is 2.25. The normalized spacial score (nSPS) is 11.6. The maximum atomic E-state index is 13.3. The summed E-state index contributed by atoms with van der Waals surface area (Å²) >= 11 is 0. The van der Waals surface area contributed by atoms with Crippen LogP contribution < -0.4 is 14.8 Å². The molecule has 5 heteroatoms. The Morgan fingerprint density at radius 1 is 0.892 bits per heavy atom. The van der Waals surface area contributed by atoms with Crippen molar-refractivity contribution in [2.45, 2.75) is 54.1 Å². The van der Waals surface area contributed by atoms with Crippen molar-refractivity contribution in [3.8, 4) is 22.5 Å². The molecule has 0 N–H and O–H groups in total. The lowest BCUT2D eigenvalue weighted by Gasteiger charge is -2.23. The summed E-state index contributed by atoms with van der Waals surface area (Å²) in [6.07, 6.45) is 0. The van der Waals surface area contributed by atoms with Gasteiger partial charge in [-0.15, -0.1) is 0 Å². The Hall–Kier alpha value is -3.60. The molecule has 37 heavy (non-hydrogen) atoms. The van der Waals surface area contributed by atoms with E-state index >= 15 is 0 Å². The summed E-state index contributed by atoms with van der Waals surface area (Å²) in [6.45, 7) is 18.0. The minimum atomic E-state index is -0.586. The van der Waals surface area contributed by atoms with Crippen LogP contribution in [0.1, 0.15) is 58.8 Å². The highest BCUT2D eigenvalue weighted by molar-refractivity contribution is 6.08. The van der Waals surface area contributed by atoms with Gasteiger partial charge in [-0.25, -0.2) is 9.37 Å². The molecule has 2 aliphatic rings. The van der Waals surface area contributed by atoms with Crippen LogP contribution >= 0.6 is 0 Å². The lowest BCUT2D eigenvalue weighted by molar-refractivity contribution is 0.00704. The van der Waals surface area contributed by atoms with Crippen molar-refractivity contribution in [2.75, 3.05) is 31.1 Å². The van der Waals surface area contributed by atoms with Crippen LogP contribution in [0.25, 0.3) is 33.4 Å². The fourth-order valence-corrected chi connectivity index (χ4v) is 4.94. The van der Waals surface area contributed by atoms with E-state index in [1.165, 1.54) is 0 Å². The van der Waals surface area contributed by atoms with E-state index in [1.54, 1.807) is 0 Å². The number of hydrogen-bond acceptors (Lipinski definition) is 4. The number of benzene rings is 3. The Morgan fingerprint density at radius 2 is 1.59 bits per heavy atom. The summed E-state index contributed by atoms with van der Waals surface area (Å²) in [5.41, 5.74) is 4.66. The number of rotatable bonds is 7. The molecule has 0 saturated carbocycles. The average Bonchev–Trinajstić information content (AvgIpc) is 2.87. The van der Waals surface area contributed by atoms with Gasteiger partial charge in [0.15, 0.2) is 0 Å². The first-order valence-electron chi connectivity index (χ1n) is 13.4. The van der Waals surface area contributed by atoms with Crippen LogP contribution in [0, 0.1) is 0 Å². The fraction of sp³-hybridized carbons (Fsp3) is 0.375. The lowest BCUT2D eigenvalue weighted by atomic mass is 9.90. The summed E-state index contributed by atoms with van der Waals surface area (Å²) in [5, 5.41) is 2.09. The van der Waals surface area contributed by atoms with Crippen molar-refractivity contribution in [2.24, 2.45) is 0 Å². The quantitative estimate of drug-likeness (QED) is 0.159. The van der Waals surface area contributed by atoms with Crippen LogP contribution in [0.2, 0.25) is 0 Å². The van der Waals surface area contributed by atoms with Crippen molar-refractivity contribution in [3.63, 3.8) is 0 Å². The fourth-order valence-electron chi connectivity index (χ4n) is 4.94. The molecule has 0 bridgehead atoms. The van der Waals surface area contributed by atoms with Crippen LogP contribution in [-0.4, -0.2) is 37.7 Å². The first-order valence-corrected chi connectivity index (χ1v) is 13.4. The number of carbonyl (C=O) groups excluding carboxylic acids is 1. The molecule has 0 atom stereocenters. The standard InChI is InChI=1S/C32H39N2O3/c1-8-33(9-2)22-16-18-26-28(20-22)36-29-21-23(34(10-3)11-4)17-19-27(29)30(26)24-14-12-13-15-25(24)31(35)37-32(5,6)7/h12-21H,8-11H2,1-7H3/q+1. The summed E-state index contributed by atoms with van der Waals surface area (Å²) in [6, 6.07) is 20.5. The number of fused-ring (bicyclic) bond motifs is 2. The molecule has 5 nitrogen and oxygen atoms in total. The van der Waals surface area contributed by atoms with Gasteiger partial charge in [0.05, 0.1) is 11.6 Å². The molecule has 194 valence electrons. The van der Waals surface area contributed by atoms with Crippen LogP contribution in [-0.2, 0) is 4.74 Å². The monoisotopic (exact) mass is 499 g/mol. The van der Waals surface area contributed by atoms with Gasteiger partial charge in [0.1, 0.15) is 30.0 Å². The Kier molecular flexibility index (Phi) is 7.72. The smallest absolute Gasteiger partial charge is 0.339 e. The van der Waals surface area contributed by atoms with Gasteiger partial charge < -0.3 is 14.1 Å². The zero-order chi connectivity index (χ0) is 26.7. The number of nitrogens with zero attached hydrogens (tertiary/aromatic N) is 2. The molecule has 1 aliphatic carbocycles. The summed E-state index contributed by atoms with van der Waals surface area (Å²) in [5.74, 6) is 0.465. The maximum absolute atomic E-state index is 13.3. The second-order valence-corrected chi connectivity index (χ2v) is 10.2. The van der Waals surface area contributed by atoms with Crippen molar-refractivity contribution < 1.29 is 13.9 Å². The Bertz CT molecular complexity index is 1450. The maximum Gasteiger partial charge on any atom is 0.339 e. The van der Waals surface area contributed by atoms with Gasteiger partial charge in [-0.2, -0.15) is 0 Å². The zero-order valence-electron chi connectivity index (χ0n) is 23.2. The number of esters is 1. The third kappa shape index (κ3) is 5.41. The highest BCUT2D eigenvalue weighted by atomic mass is 16.6. The molecular formula is C32H39N2O3+. The Labute approximate surface area is 220 Å². The first-order chi connectivity index (χ1) is 17.7. The minimum Gasteiger partial charge on any atom is -0.456 e. The van der Waals surface area contributed by atoms with E-state index in [0.717, 1.165) is 70.6 Å². The first kappa shape index (κ1) is 26.5. The topological polar surface area (TPSA) is 45.7 Å². The van der Waals surface area contributed by atoms with Crippen molar-refractivity contribution >= 4 is 22.6 Å². The van der Waals surface area contributed by atoms with Crippen molar-refractivity contribution in [3.05, 3.63) is 71.6 Å². The van der Waals surface area contributed by atoms with Gasteiger partial charge in [-0.05, 0) is 78.3 Å². The molecule has 0 saturated heterocycles. The minimum absolute atomic E-state index is 0.329. The molecular weight excluding hydrogens is 460 g/mol. The molecule has 0 radical (unpaired) electrons. The largest absolute Gasteiger partial charge is 0.456 e. The van der Waals surface area contributed by atoms with E-state index in [2.05, 4.69) is 73.6 Å². The van der Waals surface area contributed by atoms with Gasteiger partial charge in [-0.3, -0.25) is 0 Å². The van der Waals surface area contributed by atoms with Crippen LogP contribution in [0.15, 0.2) is 65.1 Å². The number of hydrogen-bond donors (Lipinski definition) is 0. The summed E-state index contributed by atoms with van der Waals surface area (Å²) in [7, 11) is 0. The molecule has 2 aromatic carbocycles. The third-order valence-electron chi connectivity index (χ3n) is 6.76. The zero-order valence-corrected chi connectivity index (χ0v) is 23.2. The highest BCUT2D eigenvalue weighted by Crippen LogP contribution is 2.42. The summed E-state index contributed by atoms with van der Waals surface area (Å²) in [4.78, 5) is 15.6. The van der Waals surface area contributed by atoms with Crippen molar-refractivity contribution in [1.29, 1.82) is 0 Å². The van der Waals surface area contributed by atoms with E-state index in [4.69, 9.17) is 9.15 Å². The molecule has 1 aliphatic heterocycles. The molecule has 0 amide bonds. The Morgan fingerprint density at radius 3 is 2.24 bits per heavy atom. The number of ether oxygens (including phenoxy) is 1. The molecule has 2 aromatic rings. The van der Waals surface area contributed by atoms with E-state index < -0.39 is 5.60 Å². The predicted molar refractivity (Wildman–Crippen MR) is 153 cm³/mol. The number of anilines is 1. The van der Waals surface area contributed by atoms with Gasteiger partial charge >= 0.3 is 5.97 Å². The molecule has 4 rings (SSSR count). The predicted octanol–water partition coefficient (Wildman–Crippen LogP) is 6.82. The van der Waals surface area contributed by atoms with Crippen LogP contribution in [0.3, 0.4) is 0 Å².